The Bertz CT molecular complexity index is 44.1. The van der Waals surface area contributed by atoms with E-state index >= 15 is 0 Å². The molecule has 0 aromatic carbocycles. The first-order valence-electron chi connectivity index (χ1n) is 1.47. The van der Waals surface area contributed by atoms with Gasteiger partial charge in [-0.2, -0.15) is 0 Å². The van der Waals surface area contributed by atoms with Crippen LogP contribution in [-0.2, 0) is 4.79 Å². The van der Waals surface area contributed by atoms with Gasteiger partial charge in [-0.15, -0.1) is 0 Å². The molecule has 0 unspecified atom stereocenters. The van der Waals surface area contributed by atoms with Gasteiger partial charge in [0.1, 0.15) is 0 Å². The molecular weight excluding hydrogens is 93.0 g/mol. The molecule has 0 spiro atoms. The maximum atomic E-state index is 9.26. The first kappa shape index (κ1) is 9.69. The molecule has 2 nitrogen and oxygen atoms in total. The molecule has 0 aliphatic heterocycles. The summed E-state index contributed by atoms with van der Waals surface area (Å²) in [5.74, 6) is -0.995. The van der Waals surface area contributed by atoms with E-state index in [1.165, 1.54) is 6.92 Å². The van der Waals surface area contributed by atoms with Crippen LogP contribution in [0.1, 0.15) is 13.3 Å². The van der Waals surface area contributed by atoms with E-state index in [9.17, 15) is 9.90 Å². The van der Waals surface area contributed by atoms with Gasteiger partial charge >= 0.3 is 29.6 Å². The van der Waals surface area contributed by atoms with Crippen LogP contribution in [0.5, 0.6) is 0 Å². The van der Waals surface area contributed by atoms with Crippen LogP contribution in [0.25, 0.3) is 0 Å². The molecule has 0 heterocycles. The first-order valence-corrected chi connectivity index (χ1v) is 1.47. The molecule has 3 heteroatoms. The number of carboxylic acid groups (broad SMARTS) is 1. The van der Waals surface area contributed by atoms with Gasteiger partial charge in [-0.3, -0.25) is 0 Å². The smallest absolute Gasteiger partial charge is 0.550 e. The Balaban J connectivity index is 0. The number of rotatable bonds is 1. The number of carboxylic acids is 1. The molecule has 0 bridgehead atoms. The summed E-state index contributed by atoms with van der Waals surface area (Å²) in [6, 6.07) is 0. The van der Waals surface area contributed by atoms with Gasteiger partial charge in [0.15, 0.2) is 0 Å². The second-order valence-corrected chi connectivity index (χ2v) is 0.726. The topological polar surface area (TPSA) is 40.1 Å². The Morgan fingerprint density at radius 3 is 2.00 bits per heavy atom. The Labute approximate surface area is 58.8 Å². The van der Waals surface area contributed by atoms with Crippen molar-refractivity contribution >= 4 is 5.97 Å². The third kappa shape index (κ3) is 8.82. The molecule has 0 saturated heterocycles. The number of aliphatic carboxylic acids is 1. The standard InChI is InChI=1S/C3H6O2.Na/c1-2-3(4)5;/h2H2,1H3,(H,4,5);/q;+1/p-1/i1+1,2+1;. The van der Waals surface area contributed by atoms with Crippen LogP contribution >= 0.6 is 0 Å². The number of hydrogen-bond donors (Lipinski definition) is 0. The largest absolute Gasteiger partial charge is 1.00 e. The minimum Gasteiger partial charge on any atom is -0.550 e. The molecule has 6 heavy (non-hydrogen) atoms. The molecule has 0 radical (unpaired) electrons. The SMILES string of the molecule is [13CH3][13CH2]C(=O)[O-].[Na+]. The third-order valence-electron chi connectivity index (χ3n) is 0.289. The van der Waals surface area contributed by atoms with Crippen LogP contribution in [0, 0.1) is 0 Å². The van der Waals surface area contributed by atoms with Gasteiger partial charge in [0.05, 0.1) is 0 Å². The van der Waals surface area contributed by atoms with Crippen LogP contribution in [0.2, 0.25) is 0 Å². The maximum Gasteiger partial charge on any atom is 1.00 e. The molecule has 0 aliphatic rings. The van der Waals surface area contributed by atoms with Gasteiger partial charge in [-0.25, -0.2) is 0 Å². The number of hydrogen-bond acceptors (Lipinski definition) is 2. The third-order valence-corrected chi connectivity index (χ3v) is 0.289. The Morgan fingerprint density at radius 2 is 2.00 bits per heavy atom. The van der Waals surface area contributed by atoms with E-state index in [1.54, 1.807) is 0 Å². The summed E-state index contributed by atoms with van der Waals surface area (Å²) in [6.07, 6.45) is 0.111. The summed E-state index contributed by atoms with van der Waals surface area (Å²) >= 11 is 0. The summed E-state index contributed by atoms with van der Waals surface area (Å²) in [6.45, 7) is 1.54. The molecule has 30 valence electrons. The minimum absolute atomic E-state index is 0. The van der Waals surface area contributed by atoms with Crippen molar-refractivity contribution in [2.75, 3.05) is 0 Å². The molecule has 0 fully saturated rings. The van der Waals surface area contributed by atoms with Crippen LogP contribution in [0.4, 0.5) is 0 Å². The van der Waals surface area contributed by atoms with Crippen LogP contribution in [0.15, 0.2) is 0 Å². The second kappa shape index (κ2) is 5.47. The van der Waals surface area contributed by atoms with Crippen LogP contribution in [-0.4, -0.2) is 5.97 Å². The fraction of sp³-hybridized carbons (Fsp3) is 0.667. The van der Waals surface area contributed by atoms with Crippen molar-refractivity contribution in [3.8, 4) is 0 Å². The fourth-order valence-electron chi connectivity index (χ4n) is 0. The normalized spacial score (nSPS) is 6.17. The molecular formula is C3H5NaO2. The zero-order valence-corrected chi connectivity index (χ0v) is 6.02. The maximum absolute atomic E-state index is 9.26. The predicted octanol–water partition coefficient (Wildman–Crippen LogP) is -3.85. The van der Waals surface area contributed by atoms with Gasteiger partial charge < -0.3 is 9.90 Å². The van der Waals surface area contributed by atoms with E-state index in [0.717, 1.165) is 0 Å². The summed E-state index contributed by atoms with van der Waals surface area (Å²) in [5.41, 5.74) is 0. The summed E-state index contributed by atoms with van der Waals surface area (Å²) in [4.78, 5) is 9.26. The van der Waals surface area contributed by atoms with E-state index in [-0.39, 0.29) is 36.0 Å². The van der Waals surface area contributed by atoms with Gasteiger partial charge in [-0.05, 0) is 6.42 Å². The van der Waals surface area contributed by atoms with Crippen LogP contribution < -0.4 is 34.7 Å². The van der Waals surface area contributed by atoms with Crippen molar-refractivity contribution in [2.24, 2.45) is 0 Å². The molecule has 0 aromatic heterocycles. The summed E-state index contributed by atoms with van der Waals surface area (Å²) in [5, 5.41) is 9.26. The molecule has 0 amide bonds. The average molecular weight is 98.0 g/mol. The molecule has 0 aliphatic carbocycles. The minimum atomic E-state index is -0.995. The van der Waals surface area contributed by atoms with E-state index < -0.39 is 5.97 Å². The van der Waals surface area contributed by atoms with E-state index in [1.807, 2.05) is 0 Å². The number of carbonyl (C=O) groups excluding carboxylic acids is 1. The zero-order chi connectivity index (χ0) is 4.28. The van der Waals surface area contributed by atoms with Crippen molar-refractivity contribution in [1.29, 1.82) is 0 Å². The van der Waals surface area contributed by atoms with E-state index in [4.69, 9.17) is 0 Å². The predicted molar refractivity (Wildman–Crippen MR) is 15.3 cm³/mol. The zero-order valence-electron chi connectivity index (χ0n) is 4.02. The summed E-state index contributed by atoms with van der Waals surface area (Å²) in [7, 11) is 0. The van der Waals surface area contributed by atoms with E-state index in [2.05, 4.69) is 0 Å². The Morgan fingerprint density at radius 1 is 1.83 bits per heavy atom. The van der Waals surface area contributed by atoms with Gasteiger partial charge in [0.2, 0.25) is 0 Å². The van der Waals surface area contributed by atoms with Crippen molar-refractivity contribution < 1.29 is 39.5 Å². The summed E-state index contributed by atoms with van der Waals surface area (Å²) < 4.78 is 0. The van der Waals surface area contributed by atoms with Crippen molar-refractivity contribution in [3.63, 3.8) is 0 Å². The first-order chi connectivity index (χ1) is 2.27. The molecule has 0 N–H and O–H groups in total. The monoisotopic (exact) mass is 98.0 g/mol. The fourth-order valence-corrected chi connectivity index (χ4v) is 0. The average Bonchev–Trinajstić information content (AvgIpc) is 1.38. The van der Waals surface area contributed by atoms with E-state index in [0.29, 0.717) is 0 Å². The van der Waals surface area contributed by atoms with Crippen molar-refractivity contribution in [3.05, 3.63) is 0 Å². The molecule has 0 aromatic rings. The Kier molecular flexibility index (Phi) is 8.83. The van der Waals surface area contributed by atoms with Gasteiger partial charge in [0, 0.05) is 5.97 Å². The molecule has 0 atom stereocenters. The quantitative estimate of drug-likeness (QED) is 0.249. The second-order valence-electron chi connectivity index (χ2n) is 0.726. The van der Waals surface area contributed by atoms with Crippen molar-refractivity contribution in [1.82, 2.24) is 0 Å². The van der Waals surface area contributed by atoms with Gasteiger partial charge in [0.25, 0.3) is 0 Å². The Hall–Kier alpha value is 0.470. The molecule has 0 saturated carbocycles. The van der Waals surface area contributed by atoms with Crippen molar-refractivity contribution in [2.45, 2.75) is 13.3 Å². The van der Waals surface area contributed by atoms with Crippen LogP contribution in [0.3, 0.4) is 0 Å². The van der Waals surface area contributed by atoms with Gasteiger partial charge in [-0.1, -0.05) is 6.92 Å². The number of carbonyl (C=O) groups is 1. The molecule has 0 rings (SSSR count).